The minimum atomic E-state index is -0.162. The summed E-state index contributed by atoms with van der Waals surface area (Å²) in [7, 11) is 0. The van der Waals surface area contributed by atoms with Gasteiger partial charge in [-0.25, -0.2) is 4.39 Å². The summed E-state index contributed by atoms with van der Waals surface area (Å²) in [5.74, 6) is -0.000725. The van der Waals surface area contributed by atoms with Crippen LogP contribution in [0.1, 0.15) is 17.7 Å². The average Bonchev–Trinajstić information content (AvgIpc) is 3.01. The van der Waals surface area contributed by atoms with E-state index in [9.17, 15) is 9.18 Å². The first kappa shape index (κ1) is 16.6. The van der Waals surface area contributed by atoms with Crippen molar-refractivity contribution in [2.75, 3.05) is 26.2 Å². The van der Waals surface area contributed by atoms with Crippen LogP contribution in [0, 0.1) is 12.7 Å². The number of hydrogen-bond acceptors (Lipinski definition) is 3. The SMILES string of the molecule is Cc1ccn(CCC(=O)N2CCN(Cc3ccccc3F)CC2)n1. The monoisotopic (exact) mass is 330 g/mol. The summed E-state index contributed by atoms with van der Waals surface area (Å²) in [5, 5.41) is 4.30. The van der Waals surface area contributed by atoms with Gasteiger partial charge in [-0.05, 0) is 19.1 Å². The van der Waals surface area contributed by atoms with Gasteiger partial charge in [-0.1, -0.05) is 18.2 Å². The van der Waals surface area contributed by atoms with Gasteiger partial charge in [0.15, 0.2) is 0 Å². The number of nitrogens with zero attached hydrogens (tertiary/aromatic N) is 4. The molecule has 1 aromatic carbocycles. The number of benzene rings is 1. The Kier molecular flexibility index (Phi) is 5.25. The molecule has 6 heteroatoms. The van der Waals surface area contributed by atoms with Crippen molar-refractivity contribution >= 4 is 5.91 Å². The summed E-state index contributed by atoms with van der Waals surface area (Å²) in [6.45, 7) is 6.11. The molecule has 5 nitrogen and oxygen atoms in total. The third kappa shape index (κ3) is 4.20. The minimum absolute atomic E-state index is 0.161. The zero-order valence-electron chi connectivity index (χ0n) is 14.0. The molecule has 0 aliphatic carbocycles. The molecule has 0 atom stereocenters. The molecule has 0 spiro atoms. The number of hydrogen-bond donors (Lipinski definition) is 0. The summed E-state index contributed by atoms with van der Waals surface area (Å²) >= 11 is 0. The second kappa shape index (κ2) is 7.57. The van der Waals surface area contributed by atoms with E-state index in [0.717, 1.165) is 18.8 Å². The second-order valence-electron chi connectivity index (χ2n) is 6.22. The molecule has 1 amide bonds. The number of piperazine rings is 1. The first-order valence-electron chi connectivity index (χ1n) is 8.35. The molecule has 0 bridgehead atoms. The van der Waals surface area contributed by atoms with Crippen LogP contribution < -0.4 is 0 Å². The summed E-state index contributed by atoms with van der Waals surface area (Å²) in [6, 6.07) is 8.81. The van der Waals surface area contributed by atoms with E-state index in [1.807, 2.05) is 40.9 Å². The van der Waals surface area contributed by atoms with Gasteiger partial charge >= 0.3 is 0 Å². The molecule has 1 aromatic heterocycles. The highest BCUT2D eigenvalue weighted by Gasteiger charge is 2.21. The quantitative estimate of drug-likeness (QED) is 0.843. The van der Waals surface area contributed by atoms with Crippen molar-refractivity contribution in [1.82, 2.24) is 19.6 Å². The minimum Gasteiger partial charge on any atom is -0.340 e. The van der Waals surface area contributed by atoms with E-state index in [1.165, 1.54) is 6.07 Å². The Labute approximate surface area is 141 Å². The van der Waals surface area contributed by atoms with Crippen molar-refractivity contribution in [1.29, 1.82) is 0 Å². The van der Waals surface area contributed by atoms with Crippen LogP contribution in [-0.4, -0.2) is 51.7 Å². The zero-order valence-corrected chi connectivity index (χ0v) is 14.0. The highest BCUT2D eigenvalue weighted by molar-refractivity contribution is 5.76. The van der Waals surface area contributed by atoms with E-state index in [0.29, 0.717) is 38.2 Å². The van der Waals surface area contributed by atoms with Crippen LogP contribution in [0.3, 0.4) is 0 Å². The molecule has 2 heterocycles. The number of carbonyl (C=O) groups excluding carboxylic acids is 1. The molecule has 1 aliphatic heterocycles. The summed E-state index contributed by atoms with van der Waals surface area (Å²) < 4.78 is 15.5. The molecule has 2 aromatic rings. The smallest absolute Gasteiger partial charge is 0.224 e. The van der Waals surface area contributed by atoms with E-state index < -0.39 is 0 Å². The van der Waals surface area contributed by atoms with Crippen LogP contribution in [0.5, 0.6) is 0 Å². The lowest BCUT2D eigenvalue weighted by Crippen LogP contribution is -2.48. The topological polar surface area (TPSA) is 41.4 Å². The van der Waals surface area contributed by atoms with E-state index in [-0.39, 0.29) is 11.7 Å². The van der Waals surface area contributed by atoms with Gasteiger partial charge in [-0.3, -0.25) is 14.4 Å². The lowest BCUT2D eigenvalue weighted by molar-refractivity contribution is -0.133. The van der Waals surface area contributed by atoms with E-state index >= 15 is 0 Å². The summed E-state index contributed by atoms with van der Waals surface area (Å²) in [6.07, 6.45) is 2.36. The third-order valence-electron chi connectivity index (χ3n) is 4.41. The number of carbonyl (C=O) groups is 1. The van der Waals surface area contributed by atoms with Crippen molar-refractivity contribution < 1.29 is 9.18 Å². The second-order valence-corrected chi connectivity index (χ2v) is 6.22. The Morgan fingerprint density at radius 3 is 2.58 bits per heavy atom. The summed E-state index contributed by atoms with van der Waals surface area (Å²) in [5.41, 5.74) is 1.68. The Hall–Kier alpha value is -2.21. The molecule has 0 radical (unpaired) electrons. The highest BCUT2D eigenvalue weighted by Crippen LogP contribution is 2.12. The molecule has 24 heavy (non-hydrogen) atoms. The number of amides is 1. The van der Waals surface area contributed by atoms with Gasteiger partial charge < -0.3 is 4.90 Å². The number of aromatic nitrogens is 2. The fourth-order valence-electron chi connectivity index (χ4n) is 2.98. The maximum Gasteiger partial charge on any atom is 0.224 e. The maximum atomic E-state index is 13.7. The van der Waals surface area contributed by atoms with Crippen molar-refractivity contribution in [2.45, 2.75) is 26.4 Å². The molecular weight excluding hydrogens is 307 g/mol. The molecule has 0 N–H and O–H groups in total. The number of aryl methyl sites for hydroxylation is 2. The van der Waals surface area contributed by atoms with Gasteiger partial charge in [-0.15, -0.1) is 0 Å². The van der Waals surface area contributed by atoms with Crippen LogP contribution in [0.2, 0.25) is 0 Å². The standard InChI is InChI=1S/C18H23FN4O/c1-15-6-8-23(20-15)9-7-18(24)22-12-10-21(11-13-22)14-16-4-2-3-5-17(16)19/h2-6,8H,7,9-14H2,1H3. The van der Waals surface area contributed by atoms with Gasteiger partial charge in [0.1, 0.15) is 5.82 Å². The molecule has 1 saturated heterocycles. The Morgan fingerprint density at radius 1 is 1.17 bits per heavy atom. The van der Waals surface area contributed by atoms with Crippen LogP contribution in [-0.2, 0) is 17.9 Å². The normalized spacial score (nSPS) is 15.7. The number of halogens is 1. The van der Waals surface area contributed by atoms with Crippen LogP contribution in [0.25, 0.3) is 0 Å². The first-order valence-corrected chi connectivity index (χ1v) is 8.35. The fraction of sp³-hybridized carbons (Fsp3) is 0.444. The molecular formula is C18H23FN4O. The van der Waals surface area contributed by atoms with E-state index in [2.05, 4.69) is 10.00 Å². The predicted octanol–water partition coefficient (Wildman–Crippen LogP) is 2.07. The molecule has 0 unspecified atom stereocenters. The van der Waals surface area contributed by atoms with Crippen LogP contribution in [0.4, 0.5) is 4.39 Å². The zero-order chi connectivity index (χ0) is 16.9. The Morgan fingerprint density at radius 2 is 1.92 bits per heavy atom. The highest BCUT2D eigenvalue weighted by atomic mass is 19.1. The molecule has 0 saturated carbocycles. The van der Waals surface area contributed by atoms with Crippen LogP contribution in [0.15, 0.2) is 36.5 Å². The average molecular weight is 330 g/mol. The van der Waals surface area contributed by atoms with Crippen molar-refractivity contribution in [3.8, 4) is 0 Å². The lowest BCUT2D eigenvalue weighted by Gasteiger charge is -2.34. The van der Waals surface area contributed by atoms with Crippen molar-refractivity contribution in [3.63, 3.8) is 0 Å². The van der Waals surface area contributed by atoms with Gasteiger partial charge in [0.05, 0.1) is 5.69 Å². The Balaban J connectivity index is 1.44. The number of rotatable bonds is 5. The molecule has 128 valence electrons. The van der Waals surface area contributed by atoms with Crippen molar-refractivity contribution in [3.05, 3.63) is 53.6 Å². The van der Waals surface area contributed by atoms with E-state index in [1.54, 1.807) is 6.07 Å². The lowest BCUT2D eigenvalue weighted by atomic mass is 10.2. The molecule has 3 rings (SSSR count). The van der Waals surface area contributed by atoms with Gasteiger partial charge in [0, 0.05) is 57.4 Å². The Bertz CT molecular complexity index is 692. The molecule has 1 aliphatic rings. The maximum absolute atomic E-state index is 13.7. The molecule has 1 fully saturated rings. The largest absolute Gasteiger partial charge is 0.340 e. The van der Waals surface area contributed by atoms with Gasteiger partial charge in [0.25, 0.3) is 0 Å². The fourth-order valence-corrected chi connectivity index (χ4v) is 2.98. The van der Waals surface area contributed by atoms with Crippen LogP contribution >= 0.6 is 0 Å². The van der Waals surface area contributed by atoms with Gasteiger partial charge in [0.2, 0.25) is 5.91 Å². The first-order chi connectivity index (χ1) is 11.6. The van der Waals surface area contributed by atoms with Gasteiger partial charge in [-0.2, -0.15) is 5.10 Å². The van der Waals surface area contributed by atoms with Crippen molar-refractivity contribution in [2.24, 2.45) is 0 Å². The van der Waals surface area contributed by atoms with E-state index in [4.69, 9.17) is 0 Å². The summed E-state index contributed by atoms with van der Waals surface area (Å²) in [4.78, 5) is 16.4. The predicted molar refractivity (Wildman–Crippen MR) is 89.8 cm³/mol. The third-order valence-corrected chi connectivity index (χ3v) is 4.41.